The second kappa shape index (κ2) is 2.76. The average molecular weight is 226 g/mol. The van der Waals surface area contributed by atoms with E-state index in [2.05, 4.69) is 20.9 Å². The van der Waals surface area contributed by atoms with E-state index in [-0.39, 0.29) is 27.0 Å². The zero-order valence-electron chi connectivity index (χ0n) is 8.78. The van der Waals surface area contributed by atoms with Gasteiger partial charge >= 0.3 is 0 Å². The molecule has 0 aliphatic heterocycles. The van der Waals surface area contributed by atoms with Crippen LogP contribution in [-0.4, -0.2) is 4.98 Å². The molecule has 0 saturated carbocycles. The van der Waals surface area contributed by atoms with Crippen molar-refractivity contribution in [2.24, 2.45) is 0 Å². The number of nitrogens with two attached hydrogens (primary N) is 1. The molecule has 1 rings (SSSR count). The summed E-state index contributed by atoms with van der Waals surface area (Å²) in [7, 11) is 0. The normalized spacial score (nSPS) is 17.0. The molecule has 0 radical (unpaired) electrons. The lowest BCUT2D eigenvalue weighted by Crippen LogP contribution is -1.92. The number of hydrogen-bond donors (Lipinski definition) is 1. The highest BCUT2D eigenvalue weighted by Gasteiger charge is 2.01. The average Bonchev–Trinajstić information content (AvgIpc) is 2.06. The number of aryl methyl sites for hydroxylation is 1. The summed E-state index contributed by atoms with van der Waals surface area (Å²) in [5.74, 6) is 0. The van der Waals surface area contributed by atoms with Crippen molar-refractivity contribution >= 4 is 33.2 Å². The van der Waals surface area contributed by atoms with Crippen LogP contribution >= 0.6 is 27.5 Å². The van der Waals surface area contributed by atoms with Gasteiger partial charge < -0.3 is 5.73 Å². The van der Waals surface area contributed by atoms with Crippen molar-refractivity contribution in [3.8, 4) is 0 Å². The van der Waals surface area contributed by atoms with Crippen LogP contribution in [0.5, 0.6) is 0 Å². The van der Waals surface area contributed by atoms with E-state index < -0.39 is 6.85 Å². The molecule has 0 spiro atoms. The molecule has 0 saturated heterocycles. The van der Waals surface area contributed by atoms with E-state index in [1.54, 1.807) is 0 Å². The maximum Gasteiger partial charge on any atom is 0.153 e. The van der Waals surface area contributed by atoms with Crippen LogP contribution in [0, 0.1) is 6.85 Å². The Morgan fingerprint density at radius 3 is 3.30 bits per heavy atom. The molecule has 2 N–H and O–H groups in total. The summed E-state index contributed by atoms with van der Waals surface area (Å²) in [5, 5.41) is -0.112. The summed E-state index contributed by atoms with van der Waals surface area (Å²) < 4.78 is 29.0. The smallest absolute Gasteiger partial charge is 0.153 e. The van der Waals surface area contributed by atoms with Gasteiger partial charge in [0.1, 0.15) is 0 Å². The van der Waals surface area contributed by atoms with E-state index in [0.717, 1.165) is 0 Å². The number of nitrogens with zero attached hydrogens (tertiary/aromatic N) is 1. The highest BCUT2D eigenvalue weighted by Crippen LogP contribution is 2.25. The number of aromatic nitrogens is 1. The first-order valence-corrected chi connectivity index (χ1v) is 3.53. The Balaban J connectivity index is 3.49. The van der Waals surface area contributed by atoms with Crippen molar-refractivity contribution in [1.29, 1.82) is 0 Å². The Hall–Kier alpha value is -0.280. The minimum absolute atomic E-state index is 0.0738. The molecular formula is C6H6BrClN2. The topological polar surface area (TPSA) is 38.9 Å². The SMILES string of the molecule is [2H]c1c(C([2H])([2H])[2H])nc(Cl)c(N)c1Br. The molecule has 4 heteroatoms. The predicted molar refractivity (Wildman–Crippen MR) is 46.1 cm³/mol. The van der Waals surface area contributed by atoms with Gasteiger partial charge in [-0.3, -0.25) is 0 Å². The Morgan fingerprint density at radius 2 is 2.70 bits per heavy atom. The first-order chi connectivity index (χ1) is 6.25. The number of pyridine rings is 1. The summed E-state index contributed by atoms with van der Waals surface area (Å²) in [4.78, 5) is 3.56. The Morgan fingerprint density at radius 1 is 2.00 bits per heavy atom. The zero-order valence-corrected chi connectivity index (χ0v) is 7.12. The third kappa shape index (κ3) is 1.41. The number of anilines is 1. The van der Waals surface area contributed by atoms with E-state index in [9.17, 15) is 0 Å². The molecule has 0 aliphatic rings. The predicted octanol–water partition coefficient (Wildman–Crippen LogP) is 2.39. The molecule has 0 bridgehead atoms. The molecule has 0 amide bonds. The fraction of sp³-hybridized carbons (Fsp3) is 0.167. The summed E-state index contributed by atoms with van der Waals surface area (Å²) in [6.07, 6.45) is 0. The summed E-state index contributed by atoms with van der Waals surface area (Å²) >= 11 is 8.58. The third-order valence-corrected chi connectivity index (χ3v) is 1.81. The minimum atomic E-state index is -2.46. The lowest BCUT2D eigenvalue weighted by Gasteiger charge is -2.00. The number of rotatable bonds is 0. The zero-order chi connectivity index (χ0) is 11.1. The highest BCUT2D eigenvalue weighted by atomic mass is 79.9. The van der Waals surface area contributed by atoms with Crippen LogP contribution in [0.2, 0.25) is 5.15 Å². The molecule has 0 atom stereocenters. The van der Waals surface area contributed by atoms with Gasteiger partial charge in [-0.05, 0) is 28.8 Å². The second-order valence-electron chi connectivity index (χ2n) is 1.60. The van der Waals surface area contributed by atoms with Crippen LogP contribution in [0.15, 0.2) is 10.5 Å². The van der Waals surface area contributed by atoms with Gasteiger partial charge in [0.15, 0.2) is 5.15 Å². The van der Waals surface area contributed by atoms with Gasteiger partial charge in [0, 0.05) is 14.3 Å². The molecular weight excluding hydrogens is 215 g/mol. The van der Waals surface area contributed by atoms with E-state index in [1.807, 2.05) is 0 Å². The van der Waals surface area contributed by atoms with Crippen molar-refractivity contribution in [2.75, 3.05) is 5.73 Å². The van der Waals surface area contributed by atoms with E-state index in [0.29, 0.717) is 0 Å². The van der Waals surface area contributed by atoms with E-state index >= 15 is 0 Å². The van der Waals surface area contributed by atoms with Crippen molar-refractivity contribution in [3.05, 3.63) is 21.4 Å². The van der Waals surface area contributed by atoms with Crippen LogP contribution < -0.4 is 5.73 Å². The van der Waals surface area contributed by atoms with Crippen LogP contribution in [0.4, 0.5) is 5.69 Å². The monoisotopic (exact) mass is 224 g/mol. The maximum absolute atomic E-state index is 7.48. The van der Waals surface area contributed by atoms with Gasteiger partial charge in [-0.15, -0.1) is 0 Å². The fourth-order valence-electron chi connectivity index (χ4n) is 0.448. The van der Waals surface area contributed by atoms with Gasteiger partial charge in [-0.1, -0.05) is 11.6 Å². The summed E-state index contributed by atoms with van der Waals surface area (Å²) in [6, 6.07) is -0.257. The quantitative estimate of drug-likeness (QED) is 0.689. The number of halogens is 2. The molecule has 54 valence electrons. The van der Waals surface area contributed by atoms with Crippen LogP contribution in [0.3, 0.4) is 0 Å². The van der Waals surface area contributed by atoms with Crippen molar-refractivity contribution in [1.82, 2.24) is 4.98 Å². The lowest BCUT2D eigenvalue weighted by atomic mass is 10.3. The molecule has 0 aromatic carbocycles. The third-order valence-electron chi connectivity index (χ3n) is 0.897. The molecule has 0 unspecified atom stereocenters. The Labute approximate surface area is 78.1 Å². The Kier molecular flexibility index (Phi) is 1.08. The first kappa shape index (κ1) is 3.93. The van der Waals surface area contributed by atoms with E-state index in [1.165, 1.54) is 0 Å². The van der Waals surface area contributed by atoms with Gasteiger partial charge in [0.05, 0.1) is 7.06 Å². The highest BCUT2D eigenvalue weighted by molar-refractivity contribution is 9.10. The fourth-order valence-corrected chi connectivity index (χ4v) is 1.12. The molecule has 1 aromatic heterocycles. The lowest BCUT2D eigenvalue weighted by molar-refractivity contribution is 1.20. The van der Waals surface area contributed by atoms with Gasteiger partial charge in [-0.2, -0.15) is 0 Å². The molecule has 1 heterocycles. The van der Waals surface area contributed by atoms with Crippen molar-refractivity contribution < 1.29 is 5.48 Å². The molecule has 0 aliphatic carbocycles. The number of hydrogen-bond acceptors (Lipinski definition) is 2. The number of nitrogen functional groups attached to an aromatic ring is 1. The van der Waals surface area contributed by atoms with Gasteiger partial charge in [0.25, 0.3) is 0 Å². The van der Waals surface area contributed by atoms with Crippen molar-refractivity contribution in [2.45, 2.75) is 6.85 Å². The van der Waals surface area contributed by atoms with Gasteiger partial charge in [0.2, 0.25) is 0 Å². The standard InChI is InChI=1S/C6H6BrClN2/c1-3-2-4(7)5(9)6(8)10-3/h2H,9H2,1H3/i1D3,2D. The van der Waals surface area contributed by atoms with Gasteiger partial charge in [-0.25, -0.2) is 4.98 Å². The molecule has 0 fully saturated rings. The molecule has 2 nitrogen and oxygen atoms in total. The van der Waals surface area contributed by atoms with Crippen LogP contribution in [0.25, 0.3) is 0 Å². The Bertz CT molecular complexity index is 379. The minimum Gasteiger partial charge on any atom is -0.395 e. The van der Waals surface area contributed by atoms with Crippen LogP contribution in [-0.2, 0) is 0 Å². The summed E-state index contributed by atoms with van der Waals surface area (Å²) in [6.45, 7) is -2.46. The van der Waals surface area contributed by atoms with E-state index in [4.69, 9.17) is 22.8 Å². The molecule has 10 heavy (non-hydrogen) atoms. The maximum atomic E-state index is 7.48. The largest absolute Gasteiger partial charge is 0.395 e. The summed E-state index contributed by atoms with van der Waals surface area (Å²) in [5.41, 5.74) is 5.17. The molecule has 1 aromatic rings. The second-order valence-corrected chi connectivity index (χ2v) is 2.75. The first-order valence-electron chi connectivity index (χ1n) is 4.36. The van der Waals surface area contributed by atoms with Crippen LogP contribution in [0.1, 0.15) is 11.2 Å². The van der Waals surface area contributed by atoms with Crippen molar-refractivity contribution in [3.63, 3.8) is 0 Å².